The summed E-state index contributed by atoms with van der Waals surface area (Å²) >= 11 is 2.27. The van der Waals surface area contributed by atoms with Crippen molar-refractivity contribution in [2.24, 2.45) is 0 Å². The van der Waals surface area contributed by atoms with Gasteiger partial charge < -0.3 is 14.9 Å². The number of hydrogen-bond acceptors (Lipinski definition) is 0. The summed E-state index contributed by atoms with van der Waals surface area (Å²) in [5.74, 6) is 0. The Morgan fingerprint density at radius 1 is 0.938 bits per heavy atom. The molecule has 0 unspecified atom stereocenters. The molecule has 0 heterocycles. The van der Waals surface area contributed by atoms with Gasteiger partial charge in [-0.25, -0.2) is 24.3 Å². The standard InChI is InChI=1S/2C5H5.C2H6Si.2CH3.Ti/c2*1-2-4-5-3-1;1-3-2;;;/h2*1-3H,4H2;1-2H3;2*1H3;/q2*-1;;2*-1;. The Labute approximate surface area is 114 Å². The van der Waals surface area contributed by atoms with Gasteiger partial charge in [0.2, 0.25) is 0 Å². The van der Waals surface area contributed by atoms with Crippen molar-refractivity contribution in [2.45, 2.75) is 25.9 Å². The monoisotopic (exact) mass is 266 g/mol. The predicted molar refractivity (Wildman–Crippen MR) is 73.5 cm³/mol. The van der Waals surface area contributed by atoms with Gasteiger partial charge in [-0.05, 0) is 0 Å². The number of allylic oxidation sites excluding steroid dienone is 8. The topological polar surface area (TPSA) is 0 Å². The smallest absolute Gasteiger partial charge is 0.109 e. The summed E-state index contributed by atoms with van der Waals surface area (Å²) in [5.41, 5.74) is 0. The third kappa shape index (κ3) is 23.6. The first-order chi connectivity index (χ1) is 6.73. The van der Waals surface area contributed by atoms with E-state index in [0.717, 1.165) is 12.8 Å². The minimum Gasteiger partial charge on any atom is -0.358 e. The normalized spacial score (nSPS) is 12.6. The van der Waals surface area contributed by atoms with Crippen LogP contribution >= 0.6 is 0 Å². The third-order valence-electron chi connectivity index (χ3n) is 1.17. The van der Waals surface area contributed by atoms with Crippen molar-refractivity contribution >= 4 is 6.19 Å². The molecule has 0 radical (unpaired) electrons. The molecule has 0 spiro atoms. The van der Waals surface area contributed by atoms with E-state index in [1.807, 2.05) is 24.3 Å². The van der Waals surface area contributed by atoms with Crippen LogP contribution in [0.1, 0.15) is 12.8 Å². The molecule has 16 heavy (non-hydrogen) atoms. The van der Waals surface area contributed by atoms with Crippen LogP contribution in [-0.2, 0) is 19.2 Å². The van der Waals surface area contributed by atoms with Crippen molar-refractivity contribution in [1.29, 1.82) is 0 Å². The van der Waals surface area contributed by atoms with Crippen molar-refractivity contribution in [2.75, 3.05) is 0 Å². The molecule has 2 aliphatic rings. The second-order valence-corrected chi connectivity index (χ2v) is 9.69. The second kappa shape index (κ2) is 17.3. The largest absolute Gasteiger partial charge is 0.358 e. The molecular formula is C14H22SiTi-4. The van der Waals surface area contributed by atoms with Crippen LogP contribution in [-0.4, -0.2) is 6.19 Å². The SMILES string of the molecule is C[Si](C)=[Ti].[C-]1=CC=CC1.[C-]1=CC=CC1.[CH3-].[CH3-]. The van der Waals surface area contributed by atoms with Gasteiger partial charge in [-0.2, -0.15) is 12.2 Å². The maximum Gasteiger partial charge on any atom is -0.109 e. The fourth-order valence-corrected chi connectivity index (χ4v) is 0.680. The Morgan fingerprint density at radius 2 is 1.25 bits per heavy atom. The van der Waals surface area contributed by atoms with E-state index in [9.17, 15) is 0 Å². The Bertz CT molecular complexity index is 214. The summed E-state index contributed by atoms with van der Waals surface area (Å²) in [6.45, 7) is 4.54. The summed E-state index contributed by atoms with van der Waals surface area (Å²) in [6.07, 6.45) is 20.1. The molecule has 0 amide bonds. The Hall–Kier alpha value is -0.109. The zero-order valence-corrected chi connectivity index (χ0v) is 13.4. The average Bonchev–Trinajstić information content (AvgIpc) is 2.83. The third-order valence-corrected chi connectivity index (χ3v) is 1.17. The molecule has 0 aromatic carbocycles. The maximum absolute atomic E-state index is 2.99. The van der Waals surface area contributed by atoms with Crippen molar-refractivity contribution in [1.82, 2.24) is 0 Å². The van der Waals surface area contributed by atoms with E-state index in [0.29, 0.717) is 0 Å². The molecule has 0 aliphatic heterocycles. The van der Waals surface area contributed by atoms with Crippen LogP contribution in [0.5, 0.6) is 0 Å². The summed E-state index contributed by atoms with van der Waals surface area (Å²) in [5, 5.41) is 0. The van der Waals surface area contributed by atoms with Crippen LogP contribution in [0.15, 0.2) is 36.5 Å². The van der Waals surface area contributed by atoms with Gasteiger partial charge >= 0.3 is 38.5 Å². The van der Waals surface area contributed by atoms with Crippen LogP contribution < -0.4 is 0 Å². The van der Waals surface area contributed by atoms with Crippen LogP contribution in [0.4, 0.5) is 0 Å². The zero-order valence-electron chi connectivity index (χ0n) is 10.9. The molecule has 0 aromatic rings. The quantitative estimate of drug-likeness (QED) is 0.453. The van der Waals surface area contributed by atoms with Crippen molar-refractivity contribution in [3.05, 3.63) is 63.5 Å². The average molecular weight is 266 g/mol. The van der Waals surface area contributed by atoms with Crippen LogP contribution in [0, 0.1) is 27.0 Å². The first-order valence-corrected chi connectivity index (χ1v) is 9.53. The first kappa shape index (κ1) is 21.2. The molecule has 0 aromatic heterocycles. The summed E-state index contributed by atoms with van der Waals surface area (Å²) < 4.78 is 0. The van der Waals surface area contributed by atoms with Gasteiger partial charge in [0, 0.05) is 0 Å². The minimum absolute atomic E-state index is 0. The van der Waals surface area contributed by atoms with Crippen LogP contribution in [0.25, 0.3) is 0 Å². The predicted octanol–water partition coefficient (Wildman–Crippen LogP) is 4.30. The van der Waals surface area contributed by atoms with E-state index in [4.69, 9.17) is 0 Å². The van der Waals surface area contributed by atoms with Crippen LogP contribution in [0.2, 0.25) is 13.1 Å². The Balaban J connectivity index is -0.000000151. The molecule has 2 rings (SSSR count). The zero-order chi connectivity index (χ0) is 10.6. The molecular weight excluding hydrogens is 244 g/mol. The van der Waals surface area contributed by atoms with Crippen molar-refractivity contribution in [3.63, 3.8) is 0 Å². The Morgan fingerprint density at radius 3 is 1.31 bits per heavy atom. The minimum atomic E-state index is 0. The van der Waals surface area contributed by atoms with E-state index < -0.39 is 0 Å². The summed E-state index contributed by atoms with van der Waals surface area (Å²) in [6, 6.07) is 0. The molecule has 0 atom stereocenters. The molecule has 90 valence electrons. The molecule has 2 aliphatic carbocycles. The van der Waals surface area contributed by atoms with E-state index >= 15 is 0 Å². The summed E-state index contributed by atoms with van der Waals surface area (Å²) in [7, 11) is 0. The molecule has 0 fully saturated rings. The number of hydrogen-bond donors (Lipinski definition) is 0. The second-order valence-electron chi connectivity index (χ2n) is 3.01. The van der Waals surface area contributed by atoms with E-state index in [-0.39, 0.29) is 21.0 Å². The van der Waals surface area contributed by atoms with E-state index in [1.165, 1.54) is 0 Å². The molecule has 0 saturated carbocycles. The van der Waals surface area contributed by atoms with Gasteiger partial charge in [0.25, 0.3) is 0 Å². The molecule has 2 heteroatoms. The van der Waals surface area contributed by atoms with Crippen molar-refractivity contribution < 1.29 is 19.2 Å². The van der Waals surface area contributed by atoms with Crippen molar-refractivity contribution in [3.8, 4) is 0 Å². The van der Waals surface area contributed by atoms with Crippen LogP contribution in [0.3, 0.4) is 0 Å². The van der Waals surface area contributed by atoms with Gasteiger partial charge in [0.1, 0.15) is 0 Å². The van der Waals surface area contributed by atoms with Gasteiger partial charge in [-0.3, -0.25) is 12.2 Å². The van der Waals surface area contributed by atoms with Gasteiger partial charge in [0.15, 0.2) is 0 Å². The fourth-order valence-electron chi connectivity index (χ4n) is 0.680. The number of rotatable bonds is 0. The Kier molecular flexibility index (Phi) is 22.9. The maximum atomic E-state index is 2.99. The molecule has 0 bridgehead atoms. The first-order valence-electron chi connectivity index (χ1n) is 4.68. The fraction of sp³-hybridized carbons (Fsp3) is 0.286. The molecule has 0 N–H and O–H groups in total. The van der Waals surface area contributed by atoms with Gasteiger partial charge in [-0.1, -0.05) is 0 Å². The van der Waals surface area contributed by atoms with Gasteiger partial charge in [0.05, 0.1) is 0 Å². The summed E-state index contributed by atoms with van der Waals surface area (Å²) in [4.78, 5) is 0. The van der Waals surface area contributed by atoms with E-state index in [2.05, 4.69) is 56.6 Å². The van der Waals surface area contributed by atoms with E-state index in [1.54, 1.807) is 0 Å². The molecule has 0 nitrogen and oxygen atoms in total. The molecule has 0 saturated heterocycles. The van der Waals surface area contributed by atoms with Gasteiger partial charge in [-0.15, -0.1) is 12.8 Å².